The first-order valence-corrected chi connectivity index (χ1v) is 4.81. The number of H-pyrrole nitrogens is 1. The molecular formula is C8H13N5O2. The van der Waals surface area contributed by atoms with Crippen molar-refractivity contribution in [3.05, 3.63) is 11.9 Å². The number of carbonyl (C=O) groups is 1. The fourth-order valence-electron chi connectivity index (χ4n) is 1.37. The number of hydrogen-bond donors (Lipinski definition) is 3. The Hall–Kier alpha value is -1.47. The molecule has 0 saturated carbocycles. The molecule has 3 N–H and O–H groups in total. The normalized spacial score (nSPS) is 21.2. The van der Waals surface area contributed by atoms with Crippen LogP contribution in [0.5, 0.6) is 0 Å². The Balaban J connectivity index is 1.75. The van der Waals surface area contributed by atoms with Gasteiger partial charge in [-0.2, -0.15) is 15.4 Å². The average Bonchev–Trinajstić information content (AvgIpc) is 2.81. The van der Waals surface area contributed by atoms with E-state index in [-0.39, 0.29) is 11.9 Å². The zero-order valence-corrected chi connectivity index (χ0v) is 8.19. The van der Waals surface area contributed by atoms with E-state index in [1.165, 1.54) is 6.20 Å². The van der Waals surface area contributed by atoms with Crippen LogP contribution in [0.1, 0.15) is 10.5 Å². The number of rotatable bonds is 3. The molecule has 1 aliphatic heterocycles. The van der Waals surface area contributed by atoms with E-state index in [1.807, 2.05) is 0 Å². The minimum Gasteiger partial charge on any atom is -0.378 e. The van der Waals surface area contributed by atoms with Crippen LogP contribution in [0.15, 0.2) is 6.20 Å². The van der Waals surface area contributed by atoms with Crippen LogP contribution in [-0.2, 0) is 4.74 Å². The first-order valence-electron chi connectivity index (χ1n) is 4.81. The number of nitrogens with one attached hydrogen (secondary N) is 3. The summed E-state index contributed by atoms with van der Waals surface area (Å²) >= 11 is 0. The molecule has 1 fully saturated rings. The van der Waals surface area contributed by atoms with Gasteiger partial charge in [-0.1, -0.05) is 0 Å². The number of aromatic amines is 1. The molecule has 1 unspecified atom stereocenters. The summed E-state index contributed by atoms with van der Waals surface area (Å²) in [6.07, 6.45) is 1.39. The summed E-state index contributed by atoms with van der Waals surface area (Å²) < 4.78 is 5.26. The summed E-state index contributed by atoms with van der Waals surface area (Å²) in [5.74, 6) is -0.226. The summed E-state index contributed by atoms with van der Waals surface area (Å²) in [7, 11) is 0. The molecule has 1 atom stereocenters. The Bertz CT molecular complexity index is 307. The van der Waals surface area contributed by atoms with E-state index >= 15 is 0 Å². The lowest BCUT2D eigenvalue weighted by atomic mass is 10.2. The lowest BCUT2D eigenvalue weighted by molar-refractivity contribution is 0.0733. The highest BCUT2D eigenvalue weighted by atomic mass is 16.5. The lowest BCUT2D eigenvalue weighted by Crippen LogP contribution is -2.48. The van der Waals surface area contributed by atoms with E-state index in [4.69, 9.17) is 4.74 Å². The first kappa shape index (κ1) is 10.1. The van der Waals surface area contributed by atoms with Crippen LogP contribution in [0.3, 0.4) is 0 Å². The van der Waals surface area contributed by atoms with Crippen molar-refractivity contribution in [2.24, 2.45) is 0 Å². The molecule has 0 spiro atoms. The van der Waals surface area contributed by atoms with E-state index in [1.54, 1.807) is 0 Å². The molecule has 0 bridgehead atoms. The molecule has 1 saturated heterocycles. The van der Waals surface area contributed by atoms with Gasteiger partial charge in [-0.3, -0.25) is 4.79 Å². The van der Waals surface area contributed by atoms with Crippen molar-refractivity contribution in [3.8, 4) is 0 Å². The number of nitrogens with zero attached hydrogens (tertiary/aromatic N) is 2. The number of carbonyl (C=O) groups excluding carboxylic acids is 1. The number of aromatic nitrogens is 3. The number of morpholine rings is 1. The van der Waals surface area contributed by atoms with Crippen molar-refractivity contribution in [3.63, 3.8) is 0 Å². The summed E-state index contributed by atoms with van der Waals surface area (Å²) in [6.45, 7) is 2.71. The lowest BCUT2D eigenvalue weighted by Gasteiger charge is -2.23. The highest BCUT2D eigenvalue weighted by molar-refractivity contribution is 5.91. The predicted octanol–water partition coefficient (Wildman–Crippen LogP) is -1.48. The summed E-state index contributed by atoms with van der Waals surface area (Å²) in [6, 6.07) is 0.176. The van der Waals surface area contributed by atoms with Gasteiger partial charge in [0.25, 0.3) is 5.91 Å². The Morgan fingerprint density at radius 2 is 2.67 bits per heavy atom. The Labute approximate surface area is 86.6 Å². The molecule has 82 valence electrons. The number of hydrogen-bond acceptors (Lipinski definition) is 5. The standard InChI is InChI=1S/C8H13N5O2/c14-8(7-4-11-13-12-7)10-3-6-5-15-2-1-9-6/h4,6,9H,1-3,5H2,(H,10,14)(H,11,12,13). The predicted molar refractivity (Wildman–Crippen MR) is 51.3 cm³/mol. The van der Waals surface area contributed by atoms with Crippen LogP contribution < -0.4 is 10.6 Å². The highest BCUT2D eigenvalue weighted by Gasteiger charge is 2.15. The van der Waals surface area contributed by atoms with Gasteiger partial charge >= 0.3 is 0 Å². The summed E-state index contributed by atoms with van der Waals surface area (Å²) in [5, 5.41) is 15.6. The maximum Gasteiger partial charge on any atom is 0.273 e. The SMILES string of the molecule is O=C(NCC1COCCN1)c1cn[nH]n1. The molecular weight excluding hydrogens is 198 g/mol. The van der Waals surface area contributed by atoms with Crippen molar-refractivity contribution in [1.29, 1.82) is 0 Å². The minimum absolute atomic E-state index is 0.176. The van der Waals surface area contributed by atoms with Crippen molar-refractivity contribution >= 4 is 5.91 Å². The van der Waals surface area contributed by atoms with Gasteiger partial charge in [-0.05, 0) is 0 Å². The van der Waals surface area contributed by atoms with Gasteiger partial charge in [-0.25, -0.2) is 0 Å². The van der Waals surface area contributed by atoms with Gasteiger partial charge in [0.05, 0.1) is 19.4 Å². The molecule has 1 aromatic rings. The first-order chi connectivity index (χ1) is 7.36. The van der Waals surface area contributed by atoms with E-state index < -0.39 is 0 Å². The van der Waals surface area contributed by atoms with Crippen LogP contribution in [0.2, 0.25) is 0 Å². The molecule has 7 heteroatoms. The number of amides is 1. The van der Waals surface area contributed by atoms with Gasteiger partial charge in [0.1, 0.15) is 0 Å². The fraction of sp³-hybridized carbons (Fsp3) is 0.625. The highest BCUT2D eigenvalue weighted by Crippen LogP contribution is 1.93. The van der Waals surface area contributed by atoms with Gasteiger partial charge in [0, 0.05) is 19.1 Å². The third-order valence-electron chi connectivity index (χ3n) is 2.16. The molecule has 1 aromatic heterocycles. The van der Waals surface area contributed by atoms with Crippen LogP contribution >= 0.6 is 0 Å². The largest absolute Gasteiger partial charge is 0.378 e. The Morgan fingerprint density at radius 3 is 3.33 bits per heavy atom. The molecule has 2 rings (SSSR count). The van der Waals surface area contributed by atoms with E-state index in [9.17, 15) is 4.79 Å². The third-order valence-corrected chi connectivity index (χ3v) is 2.16. The summed E-state index contributed by atoms with van der Waals surface area (Å²) in [4.78, 5) is 11.4. The maximum absolute atomic E-state index is 11.4. The third kappa shape index (κ3) is 2.74. The second-order valence-corrected chi connectivity index (χ2v) is 3.29. The van der Waals surface area contributed by atoms with Crippen molar-refractivity contribution in [1.82, 2.24) is 26.0 Å². The second kappa shape index (κ2) is 4.85. The zero-order chi connectivity index (χ0) is 10.5. The molecule has 0 radical (unpaired) electrons. The van der Waals surface area contributed by atoms with Crippen molar-refractivity contribution in [2.75, 3.05) is 26.3 Å². The zero-order valence-electron chi connectivity index (χ0n) is 8.19. The summed E-state index contributed by atoms with van der Waals surface area (Å²) in [5.41, 5.74) is 0.298. The fourth-order valence-corrected chi connectivity index (χ4v) is 1.37. The molecule has 15 heavy (non-hydrogen) atoms. The van der Waals surface area contributed by atoms with Crippen molar-refractivity contribution < 1.29 is 9.53 Å². The van der Waals surface area contributed by atoms with Gasteiger partial charge in [0.15, 0.2) is 5.69 Å². The van der Waals surface area contributed by atoms with Crippen LogP contribution in [0.25, 0.3) is 0 Å². The number of ether oxygens (including phenoxy) is 1. The van der Waals surface area contributed by atoms with Crippen LogP contribution in [-0.4, -0.2) is 53.7 Å². The van der Waals surface area contributed by atoms with E-state index in [0.717, 1.165) is 13.2 Å². The minimum atomic E-state index is -0.226. The smallest absolute Gasteiger partial charge is 0.273 e. The molecule has 2 heterocycles. The Kier molecular flexibility index (Phi) is 3.25. The topological polar surface area (TPSA) is 91.9 Å². The van der Waals surface area contributed by atoms with Crippen LogP contribution in [0.4, 0.5) is 0 Å². The Morgan fingerprint density at radius 1 is 1.73 bits per heavy atom. The quantitative estimate of drug-likeness (QED) is 0.567. The average molecular weight is 211 g/mol. The second-order valence-electron chi connectivity index (χ2n) is 3.29. The molecule has 1 amide bonds. The van der Waals surface area contributed by atoms with E-state index in [0.29, 0.717) is 18.8 Å². The van der Waals surface area contributed by atoms with Crippen LogP contribution in [0, 0.1) is 0 Å². The molecule has 0 aromatic carbocycles. The van der Waals surface area contributed by atoms with Crippen molar-refractivity contribution in [2.45, 2.75) is 6.04 Å². The maximum atomic E-state index is 11.4. The van der Waals surface area contributed by atoms with Gasteiger partial charge < -0.3 is 15.4 Å². The van der Waals surface area contributed by atoms with Gasteiger partial charge in [-0.15, -0.1) is 0 Å². The molecule has 7 nitrogen and oxygen atoms in total. The monoisotopic (exact) mass is 211 g/mol. The van der Waals surface area contributed by atoms with Gasteiger partial charge in [0.2, 0.25) is 0 Å². The molecule has 0 aliphatic carbocycles. The molecule has 1 aliphatic rings. The van der Waals surface area contributed by atoms with E-state index in [2.05, 4.69) is 26.0 Å².